The Labute approximate surface area is 156 Å². The summed E-state index contributed by atoms with van der Waals surface area (Å²) >= 11 is 6.41. The molecule has 4 rings (SSSR count). The highest BCUT2D eigenvalue weighted by atomic mass is 35.5. The molecule has 0 bridgehead atoms. The van der Waals surface area contributed by atoms with Crippen LogP contribution in [0.5, 0.6) is 0 Å². The van der Waals surface area contributed by atoms with Crippen molar-refractivity contribution < 1.29 is 19.1 Å². The van der Waals surface area contributed by atoms with Crippen molar-refractivity contribution in [1.82, 2.24) is 10.2 Å². The van der Waals surface area contributed by atoms with Crippen molar-refractivity contribution in [2.75, 3.05) is 31.7 Å². The second-order valence-corrected chi connectivity index (χ2v) is 7.35. The first kappa shape index (κ1) is 17.3. The largest absolute Gasteiger partial charge is 0.383 e. The fraction of sp³-hybridized carbons (Fsp3) is 0.500. The number of anilines is 1. The van der Waals surface area contributed by atoms with Crippen LogP contribution in [0.2, 0.25) is 5.02 Å². The van der Waals surface area contributed by atoms with E-state index in [-0.39, 0.29) is 25.6 Å². The number of benzene rings is 1. The maximum Gasteiger partial charge on any atom is 0.330 e. The zero-order valence-corrected chi connectivity index (χ0v) is 15.2. The minimum Gasteiger partial charge on any atom is -0.383 e. The van der Waals surface area contributed by atoms with Gasteiger partial charge in [-0.25, -0.2) is 4.79 Å². The smallest absolute Gasteiger partial charge is 0.330 e. The summed E-state index contributed by atoms with van der Waals surface area (Å²) in [6, 6.07) is 4.66. The van der Waals surface area contributed by atoms with Gasteiger partial charge in [0.05, 0.1) is 19.2 Å². The number of methoxy groups -OCH3 is 1. The van der Waals surface area contributed by atoms with E-state index in [1.165, 1.54) is 7.11 Å². The standard InChI is InChI=1S/C18H20ClN3O4/c1-26-9-8-22-16(24)18(15(23)20-17(22)25)10-11-12(19)4-2-5-13(11)21-7-3-6-14(18)21/h2,4-5,14H,3,6-10H2,1H3,(H,20,23,25)/t14-,18+/m0/s1. The minimum atomic E-state index is -1.34. The number of barbiturate groups is 1. The van der Waals surface area contributed by atoms with Gasteiger partial charge >= 0.3 is 6.03 Å². The fourth-order valence-corrected chi connectivity index (χ4v) is 4.73. The monoisotopic (exact) mass is 377 g/mol. The average Bonchev–Trinajstić information content (AvgIpc) is 3.11. The number of carbonyl (C=O) groups is 3. The van der Waals surface area contributed by atoms with Crippen LogP contribution in [0.15, 0.2) is 18.2 Å². The van der Waals surface area contributed by atoms with E-state index in [9.17, 15) is 14.4 Å². The third-order valence-corrected chi connectivity index (χ3v) is 6.05. The molecule has 0 saturated carbocycles. The van der Waals surface area contributed by atoms with Crippen LogP contribution in [0.25, 0.3) is 0 Å². The van der Waals surface area contributed by atoms with Gasteiger partial charge in [-0.05, 0) is 30.5 Å². The van der Waals surface area contributed by atoms with Crippen molar-refractivity contribution in [3.63, 3.8) is 0 Å². The Bertz CT molecular complexity index is 799. The van der Waals surface area contributed by atoms with Crippen LogP contribution in [0.4, 0.5) is 10.5 Å². The summed E-state index contributed by atoms with van der Waals surface area (Å²) < 4.78 is 5.02. The summed E-state index contributed by atoms with van der Waals surface area (Å²) in [6.45, 7) is 1.08. The number of ether oxygens (including phenoxy) is 1. The lowest BCUT2D eigenvalue weighted by molar-refractivity contribution is -0.153. The van der Waals surface area contributed by atoms with Gasteiger partial charge in [0, 0.05) is 30.8 Å². The highest BCUT2D eigenvalue weighted by Crippen LogP contribution is 2.49. The summed E-state index contributed by atoms with van der Waals surface area (Å²) in [6.07, 6.45) is 1.80. The molecule has 0 radical (unpaired) electrons. The molecular formula is C18H20ClN3O4. The van der Waals surface area contributed by atoms with Crippen molar-refractivity contribution in [3.8, 4) is 0 Å². The van der Waals surface area contributed by atoms with Crippen molar-refractivity contribution in [2.45, 2.75) is 25.3 Å². The lowest BCUT2D eigenvalue weighted by Gasteiger charge is -2.49. The predicted octanol–water partition coefficient (Wildman–Crippen LogP) is 1.58. The van der Waals surface area contributed by atoms with E-state index in [4.69, 9.17) is 16.3 Å². The zero-order chi connectivity index (χ0) is 18.5. The molecule has 3 aliphatic heterocycles. The molecule has 2 atom stereocenters. The molecular weight excluding hydrogens is 358 g/mol. The molecule has 0 aliphatic carbocycles. The first-order valence-corrected chi connectivity index (χ1v) is 9.09. The molecule has 8 heteroatoms. The molecule has 1 aromatic carbocycles. The number of urea groups is 1. The normalized spacial score (nSPS) is 27.6. The molecule has 1 aromatic rings. The third kappa shape index (κ3) is 2.27. The van der Waals surface area contributed by atoms with Gasteiger partial charge in [-0.1, -0.05) is 17.7 Å². The van der Waals surface area contributed by atoms with Crippen LogP contribution in [-0.4, -0.2) is 55.6 Å². The van der Waals surface area contributed by atoms with Crippen LogP contribution in [0.1, 0.15) is 18.4 Å². The fourth-order valence-electron chi connectivity index (χ4n) is 4.50. The summed E-state index contributed by atoms with van der Waals surface area (Å²) in [5.41, 5.74) is 0.430. The van der Waals surface area contributed by atoms with Crippen LogP contribution in [-0.2, 0) is 20.7 Å². The minimum absolute atomic E-state index is 0.109. The molecule has 1 N–H and O–H groups in total. The molecule has 2 saturated heterocycles. The Morgan fingerprint density at radius 3 is 2.92 bits per heavy atom. The maximum absolute atomic E-state index is 13.4. The second kappa shape index (κ2) is 6.25. The lowest BCUT2D eigenvalue weighted by Crippen LogP contribution is -2.71. The SMILES string of the molecule is COCCN1C(=O)NC(=O)[C@]2(Cc3c(Cl)cccc3N3CCC[C@H]32)C1=O. The van der Waals surface area contributed by atoms with Crippen LogP contribution < -0.4 is 10.2 Å². The van der Waals surface area contributed by atoms with Gasteiger partial charge in [-0.2, -0.15) is 0 Å². The number of carbonyl (C=O) groups excluding carboxylic acids is 3. The lowest BCUT2D eigenvalue weighted by atomic mass is 9.68. The average molecular weight is 378 g/mol. The van der Waals surface area contributed by atoms with Gasteiger partial charge in [-0.3, -0.25) is 19.8 Å². The quantitative estimate of drug-likeness (QED) is 0.809. The number of imide groups is 2. The Hall–Kier alpha value is -2.12. The van der Waals surface area contributed by atoms with Crippen LogP contribution in [0.3, 0.4) is 0 Å². The van der Waals surface area contributed by atoms with E-state index in [0.29, 0.717) is 5.02 Å². The molecule has 7 nitrogen and oxygen atoms in total. The third-order valence-electron chi connectivity index (χ3n) is 5.70. The van der Waals surface area contributed by atoms with E-state index in [1.54, 1.807) is 6.07 Å². The van der Waals surface area contributed by atoms with E-state index in [2.05, 4.69) is 10.2 Å². The first-order chi connectivity index (χ1) is 12.5. The molecule has 4 amide bonds. The van der Waals surface area contributed by atoms with Gasteiger partial charge in [0.1, 0.15) is 0 Å². The van der Waals surface area contributed by atoms with Crippen molar-refractivity contribution in [3.05, 3.63) is 28.8 Å². The predicted molar refractivity (Wildman–Crippen MR) is 95.1 cm³/mol. The van der Waals surface area contributed by atoms with Crippen molar-refractivity contribution >= 4 is 35.1 Å². The number of fused-ring (bicyclic) bond motifs is 4. The van der Waals surface area contributed by atoms with Gasteiger partial charge in [-0.15, -0.1) is 0 Å². The molecule has 3 aliphatic rings. The highest BCUT2D eigenvalue weighted by Gasteiger charge is 2.62. The van der Waals surface area contributed by atoms with E-state index in [1.807, 2.05) is 12.1 Å². The summed E-state index contributed by atoms with van der Waals surface area (Å²) in [4.78, 5) is 41.8. The molecule has 2 fully saturated rings. The number of halogens is 1. The van der Waals surface area contributed by atoms with Crippen LogP contribution in [0, 0.1) is 5.41 Å². The summed E-state index contributed by atoms with van der Waals surface area (Å²) in [7, 11) is 1.50. The van der Waals surface area contributed by atoms with Crippen LogP contribution >= 0.6 is 11.6 Å². The first-order valence-electron chi connectivity index (χ1n) is 8.71. The summed E-state index contributed by atoms with van der Waals surface area (Å²) in [5.74, 6) is -0.977. The van der Waals surface area contributed by atoms with E-state index < -0.39 is 23.3 Å². The molecule has 0 unspecified atom stereocenters. The molecule has 3 heterocycles. The number of nitrogens with zero attached hydrogens (tertiary/aromatic N) is 2. The number of rotatable bonds is 3. The molecule has 26 heavy (non-hydrogen) atoms. The van der Waals surface area contributed by atoms with Crippen molar-refractivity contribution in [2.24, 2.45) is 5.41 Å². The van der Waals surface area contributed by atoms with Gasteiger partial charge in [0.2, 0.25) is 11.8 Å². The van der Waals surface area contributed by atoms with Gasteiger partial charge in [0.15, 0.2) is 5.41 Å². The van der Waals surface area contributed by atoms with E-state index in [0.717, 1.165) is 35.5 Å². The van der Waals surface area contributed by atoms with Gasteiger partial charge in [0.25, 0.3) is 0 Å². The number of amides is 4. The Morgan fingerprint density at radius 2 is 2.15 bits per heavy atom. The topological polar surface area (TPSA) is 79.0 Å². The number of hydrogen-bond donors (Lipinski definition) is 1. The molecule has 138 valence electrons. The Kier molecular flexibility index (Phi) is 4.16. The Balaban J connectivity index is 1.83. The zero-order valence-electron chi connectivity index (χ0n) is 14.5. The molecule has 1 spiro atoms. The maximum atomic E-state index is 13.4. The molecule has 0 aromatic heterocycles. The van der Waals surface area contributed by atoms with Gasteiger partial charge < -0.3 is 9.64 Å². The highest BCUT2D eigenvalue weighted by molar-refractivity contribution is 6.32. The Morgan fingerprint density at radius 1 is 1.35 bits per heavy atom. The number of hydrogen-bond acceptors (Lipinski definition) is 5. The van der Waals surface area contributed by atoms with E-state index >= 15 is 0 Å². The number of nitrogens with one attached hydrogen (secondary N) is 1. The van der Waals surface area contributed by atoms with Crippen molar-refractivity contribution in [1.29, 1.82) is 0 Å². The summed E-state index contributed by atoms with van der Waals surface area (Å²) in [5, 5.41) is 2.93. The second-order valence-electron chi connectivity index (χ2n) is 6.95.